The van der Waals surface area contributed by atoms with Gasteiger partial charge in [-0.1, -0.05) is 0 Å². The lowest BCUT2D eigenvalue weighted by atomic mass is 10.0. The molecule has 0 aliphatic rings. The summed E-state index contributed by atoms with van der Waals surface area (Å²) in [6.45, 7) is 0. The Hall–Kier alpha value is -2.34. The lowest BCUT2D eigenvalue weighted by molar-refractivity contribution is -0.138. The summed E-state index contributed by atoms with van der Waals surface area (Å²) in [5.41, 5.74) is 5.83. The standard InChI is InChI=1S/C13H13NO5/c1-18-8-2-3-9-7(4-10(14)13(16)17)5-12(15)19-11(9)6-8/h2-3,5-6,10H,4,14H2,1H3,(H,16,17). The minimum atomic E-state index is -1.12. The van der Waals surface area contributed by atoms with E-state index < -0.39 is 17.6 Å². The maximum atomic E-state index is 11.5. The Kier molecular flexibility index (Phi) is 3.52. The Morgan fingerprint density at radius 2 is 2.21 bits per heavy atom. The van der Waals surface area contributed by atoms with Crippen LogP contribution in [0.25, 0.3) is 11.0 Å². The highest BCUT2D eigenvalue weighted by atomic mass is 16.5. The third-order valence-corrected chi connectivity index (χ3v) is 2.79. The van der Waals surface area contributed by atoms with Crippen LogP contribution in [0.1, 0.15) is 5.56 Å². The van der Waals surface area contributed by atoms with E-state index in [1.807, 2.05) is 0 Å². The molecule has 19 heavy (non-hydrogen) atoms. The molecule has 1 aromatic carbocycles. The van der Waals surface area contributed by atoms with Crippen LogP contribution in [0.3, 0.4) is 0 Å². The average Bonchev–Trinajstić information content (AvgIpc) is 2.37. The van der Waals surface area contributed by atoms with Crippen LogP contribution in [0.4, 0.5) is 0 Å². The molecule has 1 heterocycles. The average molecular weight is 263 g/mol. The molecule has 100 valence electrons. The first-order valence-corrected chi connectivity index (χ1v) is 5.60. The van der Waals surface area contributed by atoms with Crippen molar-refractivity contribution in [1.82, 2.24) is 0 Å². The maximum absolute atomic E-state index is 11.5. The number of benzene rings is 1. The van der Waals surface area contributed by atoms with Crippen molar-refractivity contribution >= 4 is 16.9 Å². The first-order chi connectivity index (χ1) is 9.01. The van der Waals surface area contributed by atoms with Crippen molar-refractivity contribution in [2.24, 2.45) is 5.73 Å². The molecule has 0 aliphatic heterocycles. The smallest absolute Gasteiger partial charge is 0.336 e. The monoisotopic (exact) mass is 263 g/mol. The molecule has 0 spiro atoms. The van der Waals surface area contributed by atoms with E-state index in [4.69, 9.17) is 20.0 Å². The van der Waals surface area contributed by atoms with E-state index >= 15 is 0 Å². The van der Waals surface area contributed by atoms with Gasteiger partial charge in [0.2, 0.25) is 0 Å². The van der Waals surface area contributed by atoms with Crippen molar-refractivity contribution < 1.29 is 19.1 Å². The molecule has 6 nitrogen and oxygen atoms in total. The van der Waals surface area contributed by atoms with Gasteiger partial charge < -0.3 is 20.0 Å². The van der Waals surface area contributed by atoms with Crippen LogP contribution >= 0.6 is 0 Å². The van der Waals surface area contributed by atoms with Crippen molar-refractivity contribution in [3.8, 4) is 5.75 Å². The van der Waals surface area contributed by atoms with Gasteiger partial charge in [-0.05, 0) is 24.1 Å². The normalized spacial score (nSPS) is 12.3. The van der Waals surface area contributed by atoms with E-state index in [1.165, 1.54) is 13.2 Å². The number of hydrogen-bond donors (Lipinski definition) is 2. The summed E-state index contributed by atoms with van der Waals surface area (Å²) in [5, 5.41) is 9.47. The molecule has 0 aliphatic carbocycles. The molecule has 0 radical (unpaired) electrons. The molecule has 2 rings (SSSR count). The van der Waals surface area contributed by atoms with Crippen LogP contribution in [-0.2, 0) is 11.2 Å². The molecule has 0 saturated heterocycles. The number of carboxylic acid groups (broad SMARTS) is 1. The second-order valence-corrected chi connectivity index (χ2v) is 4.10. The Labute approximate surface area is 108 Å². The SMILES string of the molecule is COc1ccc2c(CC(N)C(=O)O)cc(=O)oc2c1. The van der Waals surface area contributed by atoms with Crippen LogP contribution < -0.4 is 16.1 Å². The quantitative estimate of drug-likeness (QED) is 0.789. The largest absolute Gasteiger partial charge is 0.497 e. The molecule has 1 unspecified atom stereocenters. The molecule has 6 heteroatoms. The van der Waals surface area contributed by atoms with Gasteiger partial charge in [0, 0.05) is 17.5 Å². The van der Waals surface area contributed by atoms with Gasteiger partial charge in [0.05, 0.1) is 7.11 Å². The number of carboxylic acids is 1. The number of carbonyl (C=O) groups is 1. The summed E-state index contributed by atoms with van der Waals surface area (Å²) in [7, 11) is 1.50. The topological polar surface area (TPSA) is 103 Å². The molecule has 1 atom stereocenters. The van der Waals surface area contributed by atoms with E-state index in [0.717, 1.165) is 0 Å². The molecule has 2 aromatic rings. The molecular weight excluding hydrogens is 250 g/mol. The number of hydrogen-bond acceptors (Lipinski definition) is 5. The van der Waals surface area contributed by atoms with Crippen LogP contribution in [0, 0.1) is 0 Å². The molecule has 3 N–H and O–H groups in total. The zero-order valence-corrected chi connectivity index (χ0v) is 10.3. The van der Waals surface area contributed by atoms with Crippen LogP contribution in [0.2, 0.25) is 0 Å². The number of rotatable bonds is 4. The van der Waals surface area contributed by atoms with Gasteiger partial charge >= 0.3 is 11.6 Å². The van der Waals surface area contributed by atoms with E-state index in [2.05, 4.69) is 0 Å². The van der Waals surface area contributed by atoms with Gasteiger partial charge in [-0.2, -0.15) is 0 Å². The van der Waals surface area contributed by atoms with Crippen molar-refractivity contribution in [3.05, 3.63) is 40.2 Å². The lowest BCUT2D eigenvalue weighted by Gasteiger charge is -2.09. The third kappa shape index (κ3) is 2.74. The van der Waals surface area contributed by atoms with Crippen LogP contribution in [-0.4, -0.2) is 24.2 Å². The minimum absolute atomic E-state index is 0.0593. The number of aliphatic carboxylic acids is 1. The zero-order valence-electron chi connectivity index (χ0n) is 10.3. The number of fused-ring (bicyclic) bond motifs is 1. The predicted molar refractivity (Wildman–Crippen MR) is 68.4 cm³/mol. The summed E-state index contributed by atoms with van der Waals surface area (Å²) >= 11 is 0. The second-order valence-electron chi connectivity index (χ2n) is 4.10. The number of ether oxygens (including phenoxy) is 1. The Morgan fingerprint density at radius 3 is 2.84 bits per heavy atom. The van der Waals surface area contributed by atoms with Gasteiger partial charge in [-0.3, -0.25) is 4.79 Å². The van der Waals surface area contributed by atoms with Crippen molar-refractivity contribution in [3.63, 3.8) is 0 Å². The highest BCUT2D eigenvalue weighted by Crippen LogP contribution is 2.23. The first kappa shape index (κ1) is 13.1. The van der Waals surface area contributed by atoms with Crippen LogP contribution in [0.5, 0.6) is 5.75 Å². The van der Waals surface area contributed by atoms with E-state index in [0.29, 0.717) is 22.3 Å². The van der Waals surface area contributed by atoms with E-state index in [9.17, 15) is 9.59 Å². The minimum Gasteiger partial charge on any atom is -0.497 e. The maximum Gasteiger partial charge on any atom is 0.336 e. The zero-order chi connectivity index (χ0) is 14.0. The predicted octanol–water partition coefficient (Wildman–Crippen LogP) is 0.756. The molecule has 1 aromatic heterocycles. The fourth-order valence-corrected chi connectivity index (χ4v) is 1.83. The molecule has 0 fully saturated rings. The number of nitrogens with two attached hydrogens (primary N) is 1. The first-order valence-electron chi connectivity index (χ1n) is 5.60. The Morgan fingerprint density at radius 1 is 1.47 bits per heavy atom. The van der Waals surface area contributed by atoms with Crippen molar-refractivity contribution in [1.29, 1.82) is 0 Å². The van der Waals surface area contributed by atoms with Gasteiger partial charge in [-0.25, -0.2) is 4.79 Å². The fraction of sp³-hybridized carbons (Fsp3) is 0.231. The Bertz CT molecular complexity index is 676. The van der Waals surface area contributed by atoms with Gasteiger partial charge in [0.15, 0.2) is 0 Å². The summed E-state index contributed by atoms with van der Waals surface area (Å²) in [4.78, 5) is 22.2. The third-order valence-electron chi connectivity index (χ3n) is 2.79. The second kappa shape index (κ2) is 5.11. The van der Waals surface area contributed by atoms with E-state index in [-0.39, 0.29) is 6.42 Å². The highest BCUT2D eigenvalue weighted by molar-refractivity contribution is 5.83. The van der Waals surface area contributed by atoms with Gasteiger partial charge in [0.25, 0.3) is 0 Å². The van der Waals surface area contributed by atoms with Crippen molar-refractivity contribution in [2.45, 2.75) is 12.5 Å². The summed E-state index contributed by atoms with van der Waals surface area (Å²) in [5.74, 6) is -0.565. The molecule has 0 bridgehead atoms. The van der Waals surface area contributed by atoms with E-state index in [1.54, 1.807) is 18.2 Å². The fourth-order valence-electron chi connectivity index (χ4n) is 1.83. The summed E-state index contributed by atoms with van der Waals surface area (Å²) in [6.07, 6.45) is 0.0593. The summed E-state index contributed by atoms with van der Waals surface area (Å²) in [6, 6.07) is 5.19. The lowest BCUT2D eigenvalue weighted by Crippen LogP contribution is -2.32. The van der Waals surface area contributed by atoms with Gasteiger partial charge in [-0.15, -0.1) is 0 Å². The molecule has 0 saturated carbocycles. The summed E-state index contributed by atoms with van der Waals surface area (Å²) < 4.78 is 10.1. The molecule has 0 amide bonds. The Balaban J connectivity index is 2.54. The number of methoxy groups -OCH3 is 1. The van der Waals surface area contributed by atoms with Gasteiger partial charge in [0.1, 0.15) is 17.4 Å². The highest BCUT2D eigenvalue weighted by Gasteiger charge is 2.15. The molecular formula is C13H13NO5. The van der Waals surface area contributed by atoms with Crippen molar-refractivity contribution in [2.75, 3.05) is 7.11 Å². The van der Waals surface area contributed by atoms with Crippen LogP contribution in [0.15, 0.2) is 33.5 Å².